The molecule has 114 valence electrons. The second-order valence-electron chi connectivity index (χ2n) is 5.43. The van der Waals surface area contributed by atoms with E-state index in [2.05, 4.69) is 5.32 Å². The molecule has 0 atom stereocenters. The third kappa shape index (κ3) is 4.01. The van der Waals surface area contributed by atoms with E-state index in [0.29, 0.717) is 18.7 Å². The van der Waals surface area contributed by atoms with E-state index in [1.54, 1.807) is 19.1 Å². The number of rotatable bonds is 4. The van der Waals surface area contributed by atoms with E-state index in [1.807, 2.05) is 4.90 Å². The molecule has 0 aromatic heterocycles. The SMILES string of the molecule is Cc1cccc(C(=O)NC2CCN(CC(N)=O)CC2)c1F. The second-order valence-corrected chi connectivity index (χ2v) is 5.43. The molecule has 3 N–H and O–H groups in total. The maximum atomic E-state index is 13.9. The summed E-state index contributed by atoms with van der Waals surface area (Å²) < 4.78 is 13.9. The van der Waals surface area contributed by atoms with Crippen LogP contribution < -0.4 is 11.1 Å². The Bertz CT molecular complexity index is 540. The molecule has 0 saturated carbocycles. The summed E-state index contributed by atoms with van der Waals surface area (Å²) in [7, 11) is 0. The fourth-order valence-corrected chi connectivity index (χ4v) is 2.54. The summed E-state index contributed by atoms with van der Waals surface area (Å²) in [5, 5.41) is 2.86. The lowest BCUT2D eigenvalue weighted by Gasteiger charge is -2.31. The van der Waals surface area contributed by atoms with Crippen molar-refractivity contribution in [2.24, 2.45) is 5.73 Å². The number of hydrogen-bond donors (Lipinski definition) is 2. The van der Waals surface area contributed by atoms with Crippen molar-refractivity contribution in [3.63, 3.8) is 0 Å². The van der Waals surface area contributed by atoms with E-state index in [0.717, 1.165) is 12.8 Å². The molecular weight excluding hydrogens is 273 g/mol. The van der Waals surface area contributed by atoms with Crippen molar-refractivity contribution >= 4 is 11.8 Å². The third-order valence-electron chi connectivity index (χ3n) is 3.74. The average Bonchev–Trinajstić information content (AvgIpc) is 2.43. The highest BCUT2D eigenvalue weighted by molar-refractivity contribution is 5.94. The molecule has 1 aromatic carbocycles. The Morgan fingerprint density at radius 1 is 1.38 bits per heavy atom. The lowest BCUT2D eigenvalue weighted by molar-refractivity contribution is -0.119. The minimum atomic E-state index is -0.471. The number of nitrogens with one attached hydrogen (secondary N) is 1. The molecule has 5 nitrogen and oxygen atoms in total. The van der Waals surface area contributed by atoms with Gasteiger partial charge in [0.2, 0.25) is 5.91 Å². The largest absolute Gasteiger partial charge is 0.369 e. The minimum absolute atomic E-state index is 0.00142. The highest BCUT2D eigenvalue weighted by Gasteiger charge is 2.23. The van der Waals surface area contributed by atoms with Gasteiger partial charge in [0.25, 0.3) is 5.91 Å². The van der Waals surface area contributed by atoms with Gasteiger partial charge < -0.3 is 11.1 Å². The van der Waals surface area contributed by atoms with Crippen LogP contribution in [0, 0.1) is 12.7 Å². The molecule has 6 heteroatoms. The van der Waals surface area contributed by atoms with Gasteiger partial charge in [-0.2, -0.15) is 0 Å². The lowest BCUT2D eigenvalue weighted by Crippen LogP contribution is -2.46. The molecular formula is C15H20FN3O2. The van der Waals surface area contributed by atoms with E-state index in [1.165, 1.54) is 6.07 Å². The van der Waals surface area contributed by atoms with Gasteiger partial charge in [0.1, 0.15) is 5.82 Å². The Morgan fingerprint density at radius 3 is 2.67 bits per heavy atom. The van der Waals surface area contributed by atoms with Crippen LogP contribution in [0.4, 0.5) is 4.39 Å². The molecule has 1 fully saturated rings. The van der Waals surface area contributed by atoms with Gasteiger partial charge in [-0.25, -0.2) is 4.39 Å². The van der Waals surface area contributed by atoms with Crippen molar-refractivity contribution in [1.82, 2.24) is 10.2 Å². The summed E-state index contributed by atoms with van der Waals surface area (Å²) in [6, 6.07) is 4.79. The number of nitrogens with zero attached hydrogens (tertiary/aromatic N) is 1. The number of amides is 2. The number of benzene rings is 1. The van der Waals surface area contributed by atoms with E-state index in [-0.39, 0.29) is 30.0 Å². The summed E-state index contributed by atoms with van der Waals surface area (Å²) in [6.07, 6.45) is 1.46. The van der Waals surface area contributed by atoms with Gasteiger partial charge in [0.05, 0.1) is 12.1 Å². The minimum Gasteiger partial charge on any atom is -0.369 e. The standard InChI is InChI=1S/C15H20FN3O2/c1-10-3-2-4-12(14(10)16)15(21)18-11-5-7-19(8-6-11)9-13(17)20/h2-4,11H,5-9H2,1H3,(H2,17,20)(H,18,21). The number of carbonyl (C=O) groups is 2. The van der Waals surface area contributed by atoms with Gasteiger partial charge >= 0.3 is 0 Å². The van der Waals surface area contributed by atoms with Crippen LogP contribution in [0.2, 0.25) is 0 Å². The Balaban J connectivity index is 1.90. The van der Waals surface area contributed by atoms with Crippen LogP contribution in [-0.2, 0) is 4.79 Å². The Morgan fingerprint density at radius 2 is 2.05 bits per heavy atom. The molecule has 2 amide bonds. The van der Waals surface area contributed by atoms with Crippen LogP contribution in [0.3, 0.4) is 0 Å². The molecule has 1 saturated heterocycles. The van der Waals surface area contributed by atoms with Crippen LogP contribution >= 0.6 is 0 Å². The molecule has 0 spiro atoms. The summed E-state index contributed by atoms with van der Waals surface area (Å²) >= 11 is 0. The Kier molecular flexibility index (Phi) is 4.90. The predicted octanol–water partition coefficient (Wildman–Crippen LogP) is 0.814. The van der Waals surface area contributed by atoms with E-state index >= 15 is 0 Å². The van der Waals surface area contributed by atoms with Crippen LogP contribution in [0.5, 0.6) is 0 Å². The molecule has 0 bridgehead atoms. The normalized spacial score (nSPS) is 16.7. The topological polar surface area (TPSA) is 75.4 Å². The van der Waals surface area contributed by atoms with Crippen LogP contribution in [0.25, 0.3) is 0 Å². The molecule has 2 rings (SSSR count). The van der Waals surface area contributed by atoms with Gasteiger partial charge in [0.15, 0.2) is 0 Å². The summed E-state index contributed by atoms with van der Waals surface area (Å²) in [5.74, 6) is -1.20. The van der Waals surface area contributed by atoms with Crippen molar-refractivity contribution in [1.29, 1.82) is 0 Å². The first-order chi connectivity index (χ1) is 9.97. The Hall–Kier alpha value is -1.95. The third-order valence-corrected chi connectivity index (χ3v) is 3.74. The first-order valence-electron chi connectivity index (χ1n) is 7.04. The first-order valence-corrected chi connectivity index (χ1v) is 7.04. The average molecular weight is 293 g/mol. The lowest BCUT2D eigenvalue weighted by atomic mass is 10.0. The molecule has 21 heavy (non-hydrogen) atoms. The monoisotopic (exact) mass is 293 g/mol. The molecule has 1 aromatic rings. The van der Waals surface area contributed by atoms with Gasteiger partial charge in [-0.05, 0) is 31.4 Å². The number of halogens is 1. The predicted molar refractivity (Wildman–Crippen MR) is 77.3 cm³/mol. The zero-order chi connectivity index (χ0) is 15.4. The van der Waals surface area contributed by atoms with Gasteiger partial charge in [-0.15, -0.1) is 0 Å². The molecule has 1 heterocycles. The number of carbonyl (C=O) groups excluding carboxylic acids is 2. The fraction of sp³-hybridized carbons (Fsp3) is 0.467. The van der Waals surface area contributed by atoms with Crippen molar-refractivity contribution in [3.05, 3.63) is 35.1 Å². The summed E-state index contributed by atoms with van der Waals surface area (Å²) in [6.45, 7) is 3.27. The zero-order valence-corrected chi connectivity index (χ0v) is 12.1. The van der Waals surface area contributed by atoms with Gasteiger partial charge in [-0.3, -0.25) is 14.5 Å². The zero-order valence-electron chi connectivity index (χ0n) is 12.1. The smallest absolute Gasteiger partial charge is 0.254 e. The van der Waals surface area contributed by atoms with Crippen molar-refractivity contribution in [2.75, 3.05) is 19.6 Å². The number of aryl methyl sites for hydroxylation is 1. The van der Waals surface area contributed by atoms with E-state index in [4.69, 9.17) is 5.73 Å². The molecule has 1 aliphatic rings. The molecule has 0 aliphatic carbocycles. The molecule has 0 unspecified atom stereocenters. The highest BCUT2D eigenvalue weighted by atomic mass is 19.1. The van der Waals surface area contributed by atoms with Crippen LogP contribution in [-0.4, -0.2) is 42.4 Å². The Labute approximate surface area is 123 Å². The first kappa shape index (κ1) is 15.4. The van der Waals surface area contributed by atoms with Gasteiger partial charge in [0, 0.05) is 19.1 Å². The summed E-state index contributed by atoms with van der Waals surface area (Å²) in [5.41, 5.74) is 5.69. The van der Waals surface area contributed by atoms with Crippen LogP contribution in [0.15, 0.2) is 18.2 Å². The number of primary amides is 1. The maximum Gasteiger partial charge on any atom is 0.254 e. The second kappa shape index (κ2) is 6.67. The quantitative estimate of drug-likeness (QED) is 0.863. The van der Waals surface area contributed by atoms with Gasteiger partial charge in [-0.1, -0.05) is 12.1 Å². The number of hydrogen-bond acceptors (Lipinski definition) is 3. The maximum absolute atomic E-state index is 13.9. The number of likely N-dealkylation sites (tertiary alicyclic amines) is 1. The number of piperidine rings is 1. The van der Waals surface area contributed by atoms with Crippen molar-refractivity contribution in [2.45, 2.75) is 25.8 Å². The summed E-state index contributed by atoms with van der Waals surface area (Å²) in [4.78, 5) is 24.9. The van der Waals surface area contributed by atoms with Crippen molar-refractivity contribution in [3.8, 4) is 0 Å². The highest BCUT2D eigenvalue weighted by Crippen LogP contribution is 2.14. The van der Waals surface area contributed by atoms with Crippen LogP contribution in [0.1, 0.15) is 28.8 Å². The van der Waals surface area contributed by atoms with E-state index < -0.39 is 5.82 Å². The fourth-order valence-electron chi connectivity index (χ4n) is 2.54. The number of nitrogens with two attached hydrogens (primary N) is 1. The molecule has 0 radical (unpaired) electrons. The van der Waals surface area contributed by atoms with E-state index in [9.17, 15) is 14.0 Å². The molecule has 1 aliphatic heterocycles. The van der Waals surface area contributed by atoms with Crippen molar-refractivity contribution < 1.29 is 14.0 Å².